The van der Waals surface area contributed by atoms with E-state index in [1.165, 1.54) is 0 Å². The summed E-state index contributed by atoms with van der Waals surface area (Å²) in [5.41, 5.74) is 4.65. The van der Waals surface area contributed by atoms with Crippen molar-refractivity contribution < 1.29 is 19.1 Å². The molecule has 1 N–H and O–H groups in total. The van der Waals surface area contributed by atoms with E-state index < -0.39 is 11.9 Å². The van der Waals surface area contributed by atoms with Gasteiger partial charge in [-0.05, 0) is 65.4 Å². The minimum Gasteiger partial charge on any atom is -0.490 e. The second-order valence-electron chi connectivity index (χ2n) is 10.4. The summed E-state index contributed by atoms with van der Waals surface area (Å²) in [7, 11) is 0. The minimum atomic E-state index is -0.543. The molecule has 206 valence electrons. The van der Waals surface area contributed by atoms with Crippen LogP contribution in [0.5, 0.6) is 5.75 Å². The van der Waals surface area contributed by atoms with Crippen molar-refractivity contribution >= 4 is 34.1 Å². The third-order valence-corrected chi connectivity index (χ3v) is 8.10. The summed E-state index contributed by atoms with van der Waals surface area (Å²) in [5.74, 6) is -0.232. The van der Waals surface area contributed by atoms with Crippen LogP contribution in [0.25, 0.3) is 10.8 Å². The molecule has 2 atom stereocenters. The maximum atomic E-state index is 14.0. The summed E-state index contributed by atoms with van der Waals surface area (Å²) < 4.78 is 11.5. The number of benzene rings is 4. The van der Waals surface area contributed by atoms with Crippen molar-refractivity contribution in [1.29, 1.82) is 0 Å². The number of rotatable bonds is 7. The summed E-state index contributed by atoms with van der Waals surface area (Å²) in [6.07, 6.45) is 1.02. The Kier molecular flexibility index (Phi) is 7.62. The summed E-state index contributed by atoms with van der Waals surface area (Å²) in [6.45, 7) is 2.20. The predicted octanol–water partition coefficient (Wildman–Crippen LogP) is 7.48. The van der Waals surface area contributed by atoms with E-state index in [0.29, 0.717) is 40.5 Å². The maximum absolute atomic E-state index is 14.0. The quantitative estimate of drug-likeness (QED) is 0.186. The molecule has 4 aromatic carbocycles. The highest BCUT2D eigenvalue weighted by molar-refractivity contribution is 6.30. The summed E-state index contributed by atoms with van der Waals surface area (Å²) in [4.78, 5) is 27.7. The highest BCUT2D eigenvalue weighted by Crippen LogP contribution is 2.47. The molecule has 1 aliphatic heterocycles. The monoisotopic (exact) mass is 563 g/mol. The zero-order valence-electron chi connectivity index (χ0n) is 22.7. The van der Waals surface area contributed by atoms with E-state index >= 15 is 0 Å². The fourth-order valence-electron chi connectivity index (χ4n) is 5.98. The molecule has 0 saturated carbocycles. The van der Waals surface area contributed by atoms with Crippen molar-refractivity contribution in [3.8, 4) is 5.75 Å². The van der Waals surface area contributed by atoms with E-state index in [4.69, 9.17) is 21.1 Å². The Labute approximate surface area is 244 Å². The fraction of sp³-hybridized carbons (Fsp3) is 0.200. The van der Waals surface area contributed by atoms with E-state index in [0.717, 1.165) is 27.6 Å². The number of nitrogens with one attached hydrogen (secondary N) is 1. The van der Waals surface area contributed by atoms with Crippen LogP contribution in [-0.4, -0.2) is 25.0 Å². The zero-order valence-corrected chi connectivity index (χ0v) is 23.5. The van der Waals surface area contributed by atoms with Crippen LogP contribution >= 0.6 is 11.6 Å². The molecule has 5 nitrogen and oxygen atoms in total. The Balaban J connectivity index is 1.34. The molecule has 1 aliphatic carbocycles. The van der Waals surface area contributed by atoms with Crippen LogP contribution in [0.3, 0.4) is 0 Å². The molecule has 2 aliphatic rings. The molecule has 0 saturated heterocycles. The largest absolute Gasteiger partial charge is 0.490 e. The van der Waals surface area contributed by atoms with Gasteiger partial charge in [0, 0.05) is 34.3 Å². The number of halogens is 1. The molecular formula is C35H30ClNO4. The molecule has 0 spiro atoms. The van der Waals surface area contributed by atoms with Gasteiger partial charge in [0.15, 0.2) is 5.78 Å². The van der Waals surface area contributed by atoms with Crippen molar-refractivity contribution in [2.45, 2.75) is 31.6 Å². The summed E-state index contributed by atoms with van der Waals surface area (Å²) >= 11 is 6.12. The Morgan fingerprint density at radius 3 is 2.41 bits per heavy atom. The van der Waals surface area contributed by atoms with Crippen LogP contribution in [0.15, 0.2) is 120 Å². The molecule has 0 amide bonds. The number of hydrogen-bond acceptors (Lipinski definition) is 5. The van der Waals surface area contributed by atoms with Crippen LogP contribution in [0.1, 0.15) is 42.7 Å². The van der Waals surface area contributed by atoms with Gasteiger partial charge in [0.05, 0.1) is 5.57 Å². The lowest BCUT2D eigenvalue weighted by atomic mass is 9.71. The summed E-state index contributed by atoms with van der Waals surface area (Å²) in [6, 6.07) is 31.2. The van der Waals surface area contributed by atoms with Gasteiger partial charge in [0.25, 0.3) is 0 Å². The van der Waals surface area contributed by atoms with Crippen molar-refractivity contribution in [2.75, 3.05) is 13.2 Å². The first-order valence-electron chi connectivity index (χ1n) is 13.8. The van der Waals surface area contributed by atoms with Crippen molar-refractivity contribution in [1.82, 2.24) is 5.32 Å². The van der Waals surface area contributed by atoms with Gasteiger partial charge in [0.2, 0.25) is 0 Å². The maximum Gasteiger partial charge on any atom is 0.336 e. The molecule has 6 heteroatoms. The summed E-state index contributed by atoms with van der Waals surface area (Å²) in [5, 5.41) is 6.16. The number of para-hydroxylation sites is 1. The number of esters is 1. The number of dihydropyridines is 1. The highest BCUT2D eigenvalue weighted by Gasteiger charge is 2.42. The molecule has 0 fully saturated rings. The molecule has 4 aromatic rings. The zero-order chi connectivity index (χ0) is 28.3. The topological polar surface area (TPSA) is 64.6 Å². The van der Waals surface area contributed by atoms with Gasteiger partial charge in [-0.25, -0.2) is 4.79 Å². The third-order valence-electron chi connectivity index (χ3n) is 7.85. The van der Waals surface area contributed by atoms with Gasteiger partial charge in [-0.3, -0.25) is 4.79 Å². The van der Waals surface area contributed by atoms with E-state index in [-0.39, 0.29) is 24.9 Å². The molecule has 6 rings (SSSR count). The smallest absolute Gasteiger partial charge is 0.336 e. The van der Waals surface area contributed by atoms with Crippen LogP contribution in [0.2, 0.25) is 5.02 Å². The lowest BCUT2D eigenvalue weighted by Crippen LogP contribution is -2.36. The highest BCUT2D eigenvalue weighted by atomic mass is 35.5. The average Bonchev–Trinajstić information content (AvgIpc) is 2.99. The Bertz CT molecular complexity index is 1670. The minimum absolute atomic E-state index is 0.0237. The Morgan fingerprint density at radius 1 is 0.878 bits per heavy atom. The van der Waals surface area contributed by atoms with Crippen LogP contribution in [0.4, 0.5) is 0 Å². The number of carbonyl (C=O) groups is 2. The second kappa shape index (κ2) is 11.6. The normalized spacial score (nSPS) is 18.6. The number of ketones is 1. The third kappa shape index (κ3) is 5.50. The first-order chi connectivity index (χ1) is 20.0. The molecule has 1 heterocycles. The van der Waals surface area contributed by atoms with Crippen LogP contribution < -0.4 is 10.1 Å². The van der Waals surface area contributed by atoms with E-state index in [1.54, 1.807) is 0 Å². The van der Waals surface area contributed by atoms with Gasteiger partial charge in [-0.2, -0.15) is 0 Å². The van der Waals surface area contributed by atoms with Crippen LogP contribution in [-0.2, 0) is 14.3 Å². The SMILES string of the molecule is CC1=C(C(=O)OCCOc2ccccc2)[C@@H](c2cccc3ccccc23)C2=C(C[C@@H](c3ccc(Cl)cc3)CC2=O)N1. The van der Waals surface area contributed by atoms with Gasteiger partial charge < -0.3 is 14.8 Å². The lowest BCUT2D eigenvalue weighted by Gasteiger charge is -2.37. The van der Waals surface area contributed by atoms with E-state index in [9.17, 15) is 9.59 Å². The standard InChI is InChI=1S/C35H30ClNO4/c1-22-32(35(39)41-19-18-40-27-10-3-2-4-11-27)33(29-13-7-9-24-8-5-6-12-28(24)29)34-30(37-22)20-25(21-31(34)38)23-14-16-26(36)17-15-23/h2-17,25,33,37H,18-21H2,1H3/t25-,33-/m1/s1. The average molecular weight is 564 g/mol. The Hall–Kier alpha value is -4.35. The van der Waals surface area contributed by atoms with Crippen molar-refractivity contribution in [2.24, 2.45) is 0 Å². The van der Waals surface area contributed by atoms with Gasteiger partial charge in [0.1, 0.15) is 19.0 Å². The molecular weight excluding hydrogens is 534 g/mol. The van der Waals surface area contributed by atoms with Gasteiger partial charge in [-0.1, -0.05) is 84.4 Å². The van der Waals surface area contributed by atoms with Crippen molar-refractivity contribution in [3.05, 3.63) is 136 Å². The number of hydrogen-bond donors (Lipinski definition) is 1. The first kappa shape index (κ1) is 26.9. The Morgan fingerprint density at radius 2 is 1.61 bits per heavy atom. The van der Waals surface area contributed by atoms with E-state index in [1.807, 2.05) is 104 Å². The lowest BCUT2D eigenvalue weighted by molar-refractivity contribution is -0.140. The first-order valence-corrected chi connectivity index (χ1v) is 14.2. The van der Waals surface area contributed by atoms with Crippen molar-refractivity contribution in [3.63, 3.8) is 0 Å². The second-order valence-corrected chi connectivity index (χ2v) is 10.9. The molecule has 0 radical (unpaired) electrons. The molecule has 0 bridgehead atoms. The molecule has 0 aromatic heterocycles. The van der Waals surface area contributed by atoms with Crippen LogP contribution in [0, 0.1) is 0 Å². The number of Topliss-reactive ketones (excluding diaryl/α,β-unsaturated/α-hetero) is 1. The fourth-order valence-corrected chi connectivity index (χ4v) is 6.11. The van der Waals surface area contributed by atoms with E-state index in [2.05, 4.69) is 5.32 Å². The predicted molar refractivity (Wildman–Crippen MR) is 161 cm³/mol. The number of fused-ring (bicyclic) bond motifs is 1. The van der Waals surface area contributed by atoms with Gasteiger partial charge in [-0.15, -0.1) is 0 Å². The number of ether oxygens (including phenoxy) is 2. The molecule has 41 heavy (non-hydrogen) atoms. The number of allylic oxidation sites excluding steroid dienone is 3. The number of carbonyl (C=O) groups excluding carboxylic acids is 2. The van der Waals surface area contributed by atoms with Gasteiger partial charge >= 0.3 is 5.97 Å². The molecule has 0 unspecified atom stereocenters.